The van der Waals surface area contributed by atoms with Crippen LogP contribution in [0.25, 0.3) is 0 Å². The molecule has 1 N–H and O–H groups in total. The van der Waals surface area contributed by atoms with E-state index in [-0.39, 0.29) is 17.2 Å². The zero-order chi connectivity index (χ0) is 13.8. The highest BCUT2D eigenvalue weighted by molar-refractivity contribution is 5.64. The number of hydrogen-bond acceptors (Lipinski definition) is 5. The van der Waals surface area contributed by atoms with Crippen molar-refractivity contribution in [2.75, 3.05) is 44.2 Å². The van der Waals surface area contributed by atoms with Crippen molar-refractivity contribution in [3.8, 4) is 0 Å². The van der Waals surface area contributed by atoms with Crippen molar-refractivity contribution in [3.63, 3.8) is 0 Å². The van der Waals surface area contributed by atoms with Gasteiger partial charge in [0.25, 0.3) is 5.69 Å². The normalized spacial score (nSPS) is 16.6. The molecule has 6 nitrogen and oxygen atoms in total. The third-order valence-electron chi connectivity index (χ3n) is 3.46. The molecule has 19 heavy (non-hydrogen) atoms. The van der Waals surface area contributed by atoms with Crippen LogP contribution in [-0.4, -0.2) is 54.3 Å². The molecule has 1 aliphatic heterocycles. The number of benzene rings is 1. The summed E-state index contributed by atoms with van der Waals surface area (Å²) in [4.78, 5) is 15.0. The van der Waals surface area contributed by atoms with Gasteiger partial charge in [0.1, 0.15) is 5.69 Å². The van der Waals surface area contributed by atoms with Crippen molar-refractivity contribution in [1.82, 2.24) is 4.90 Å². The van der Waals surface area contributed by atoms with Crippen LogP contribution in [0.15, 0.2) is 18.2 Å². The largest absolute Gasteiger partial charge is 0.395 e. The Kier molecular flexibility index (Phi) is 4.34. The van der Waals surface area contributed by atoms with Gasteiger partial charge in [-0.1, -0.05) is 6.07 Å². The highest BCUT2D eigenvalue weighted by Crippen LogP contribution is 2.29. The van der Waals surface area contributed by atoms with E-state index in [2.05, 4.69) is 4.90 Å². The number of aliphatic hydroxyl groups is 1. The maximum Gasteiger partial charge on any atom is 0.292 e. The van der Waals surface area contributed by atoms with E-state index in [9.17, 15) is 10.1 Å². The molecule has 2 rings (SSSR count). The van der Waals surface area contributed by atoms with E-state index in [4.69, 9.17) is 5.11 Å². The van der Waals surface area contributed by atoms with Crippen LogP contribution in [0.2, 0.25) is 0 Å². The van der Waals surface area contributed by atoms with Gasteiger partial charge >= 0.3 is 0 Å². The molecular formula is C13H19N3O3. The van der Waals surface area contributed by atoms with Gasteiger partial charge in [0.2, 0.25) is 0 Å². The minimum absolute atomic E-state index is 0.157. The summed E-state index contributed by atoms with van der Waals surface area (Å²) >= 11 is 0. The molecule has 1 saturated heterocycles. The Morgan fingerprint density at radius 1 is 1.32 bits per heavy atom. The lowest BCUT2D eigenvalue weighted by atomic mass is 10.1. The Labute approximate surface area is 112 Å². The van der Waals surface area contributed by atoms with Gasteiger partial charge in [-0.25, -0.2) is 0 Å². The zero-order valence-electron chi connectivity index (χ0n) is 11.1. The van der Waals surface area contributed by atoms with Gasteiger partial charge < -0.3 is 10.0 Å². The number of nitro benzene ring substituents is 1. The molecule has 0 spiro atoms. The second-order valence-corrected chi connectivity index (χ2v) is 4.80. The fourth-order valence-corrected chi connectivity index (χ4v) is 2.40. The number of rotatable bonds is 4. The molecule has 0 unspecified atom stereocenters. The van der Waals surface area contributed by atoms with E-state index in [0.717, 1.165) is 31.7 Å². The van der Waals surface area contributed by atoms with Gasteiger partial charge in [-0.2, -0.15) is 0 Å². The summed E-state index contributed by atoms with van der Waals surface area (Å²) in [5.74, 6) is 0. The fraction of sp³-hybridized carbons (Fsp3) is 0.538. The highest BCUT2D eigenvalue weighted by Gasteiger charge is 2.23. The number of hydrogen-bond donors (Lipinski definition) is 1. The Morgan fingerprint density at radius 2 is 2.00 bits per heavy atom. The van der Waals surface area contributed by atoms with Gasteiger partial charge in [-0.3, -0.25) is 15.0 Å². The summed E-state index contributed by atoms with van der Waals surface area (Å²) < 4.78 is 0. The SMILES string of the molecule is Cc1ccc(N2CCN(CCO)CC2)c([N+](=O)[O-])c1. The predicted octanol–water partition coefficient (Wildman–Crippen LogP) is 1.02. The maximum absolute atomic E-state index is 11.1. The second kappa shape index (κ2) is 5.99. The standard InChI is InChI=1S/C13H19N3O3/c1-11-2-3-12(13(10-11)16(18)19)15-6-4-14(5-7-15)8-9-17/h2-3,10,17H,4-9H2,1H3. The van der Waals surface area contributed by atoms with E-state index < -0.39 is 0 Å². The van der Waals surface area contributed by atoms with Crippen LogP contribution >= 0.6 is 0 Å². The zero-order valence-corrected chi connectivity index (χ0v) is 11.1. The quantitative estimate of drug-likeness (QED) is 0.650. The Hall–Kier alpha value is -1.66. The highest BCUT2D eigenvalue weighted by atomic mass is 16.6. The van der Waals surface area contributed by atoms with E-state index in [1.807, 2.05) is 24.0 Å². The van der Waals surface area contributed by atoms with E-state index >= 15 is 0 Å². The van der Waals surface area contributed by atoms with Crippen LogP contribution in [-0.2, 0) is 0 Å². The van der Waals surface area contributed by atoms with Crippen molar-refractivity contribution in [2.24, 2.45) is 0 Å². The Balaban J connectivity index is 2.13. The molecule has 0 amide bonds. The molecule has 0 aromatic heterocycles. The topological polar surface area (TPSA) is 69.8 Å². The van der Waals surface area contributed by atoms with Crippen molar-refractivity contribution in [2.45, 2.75) is 6.92 Å². The molecule has 1 fully saturated rings. The molecule has 0 saturated carbocycles. The number of piperazine rings is 1. The first-order valence-corrected chi connectivity index (χ1v) is 6.45. The summed E-state index contributed by atoms with van der Waals surface area (Å²) in [6.45, 7) is 5.84. The van der Waals surface area contributed by atoms with Crippen LogP contribution in [0, 0.1) is 17.0 Å². The Bertz CT molecular complexity index is 456. The minimum atomic E-state index is -0.317. The molecule has 1 aliphatic rings. The molecule has 1 aromatic carbocycles. The first-order valence-electron chi connectivity index (χ1n) is 6.45. The van der Waals surface area contributed by atoms with Gasteiger partial charge in [0.05, 0.1) is 11.5 Å². The first kappa shape index (κ1) is 13.8. The van der Waals surface area contributed by atoms with Crippen molar-refractivity contribution < 1.29 is 10.0 Å². The van der Waals surface area contributed by atoms with Gasteiger partial charge in [-0.05, 0) is 18.6 Å². The molecule has 104 valence electrons. The predicted molar refractivity (Wildman–Crippen MR) is 73.6 cm³/mol. The number of nitro groups is 1. The van der Waals surface area contributed by atoms with Crippen molar-refractivity contribution in [3.05, 3.63) is 33.9 Å². The number of aliphatic hydroxyl groups excluding tert-OH is 1. The third-order valence-corrected chi connectivity index (χ3v) is 3.46. The molecule has 0 bridgehead atoms. The average molecular weight is 265 g/mol. The average Bonchev–Trinajstić information content (AvgIpc) is 2.40. The lowest BCUT2D eigenvalue weighted by molar-refractivity contribution is -0.384. The molecule has 6 heteroatoms. The molecule has 1 heterocycles. The minimum Gasteiger partial charge on any atom is -0.395 e. The molecule has 0 aliphatic carbocycles. The summed E-state index contributed by atoms with van der Waals surface area (Å²) in [5.41, 5.74) is 1.77. The van der Waals surface area contributed by atoms with Crippen LogP contribution in [0.4, 0.5) is 11.4 Å². The second-order valence-electron chi connectivity index (χ2n) is 4.80. The van der Waals surface area contributed by atoms with Gasteiger partial charge in [0, 0.05) is 38.8 Å². The van der Waals surface area contributed by atoms with Crippen LogP contribution in [0.1, 0.15) is 5.56 Å². The van der Waals surface area contributed by atoms with Crippen LogP contribution in [0.5, 0.6) is 0 Å². The maximum atomic E-state index is 11.1. The lowest BCUT2D eigenvalue weighted by Gasteiger charge is -2.35. The molecule has 0 atom stereocenters. The first-order chi connectivity index (χ1) is 9.11. The van der Waals surface area contributed by atoms with Gasteiger partial charge in [-0.15, -0.1) is 0 Å². The molecule has 1 aromatic rings. The van der Waals surface area contributed by atoms with Gasteiger partial charge in [0.15, 0.2) is 0 Å². The smallest absolute Gasteiger partial charge is 0.292 e. The summed E-state index contributed by atoms with van der Waals surface area (Å²) in [7, 11) is 0. The van der Waals surface area contributed by atoms with E-state index in [0.29, 0.717) is 12.2 Å². The van der Waals surface area contributed by atoms with E-state index in [1.165, 1.54) is 0 Å². The summed E-state index contributed by atoms with van der Waals surface area (Å²) in [5, 5.41) is 20.0. The number of anilines is 1. The number of nitrogens with zero attached hydrogens (tertiary/aromatic N) is 3. The summed E-state index contributed by atoms with van der Waals surface area (Å²) in [6, 6.07) is 5.35. The number of aryl methyl sites for hydroxylation is 1. The van der Waals surface area contributed by atoms with Crippen LogP contribution < -0.4 is 4.90 Å². The van der Waals surface area contributed by atoms with E-state index in [1.54, 1.807) is 6.07 Å². The Morgan fingerprint density at radius 3 is 2.58 bits per heavy atom. The monoisotopic (exact) mass is 265 g/mol. The fourth-order valence-electron chi connectivity index (χ4n) is 2.40. The van der Waals surface area contributed by atoms with Crippen LogP contribution in [0.3, 0.4) is 0 Å². The van der Waals surface area contributed by atoms with Crippen molar-refractivity contribution in [1.29, 1.82) is 0 Å². The number of β-amino-alcohol motifs (C(OH)–C–C–N with tert-alkyl or cyclic N) is 1. The molecular weight excluding hydrogens is 246 g/mol. The third kappa shape index (κ3) is 3.21. The van der Waals surface area contributed by atoms with Crippen molar-refractivity contribution >= 4 is 11.4 Å². The lowest BCUT2D eigenvalue weighted by Crippen LogP contribution is -2.47. The molecule has 0 radical (unpaired) electrons. The summed E-state index contributed by atoms with van der Waals surface area (Å²) in [6.07, 6.45) is 0.